The number of esters is 1. The van der Waals surface area contributed by atoms with Crippen molar-refractivity contribution in [3.05, 3.63) is 24.3 Å². The molecule has 0 saturated carbocycles. The molecule has 0 bridgehead atoms. The van der Waals surface area contributed by atoms with Gasteiger partial charge in [-0.1, -0.05) is 0 Å². The number of carbonyl (C=O) groups excluding carboxylic acids is 1. The second-order valence-electron chi connectivity index (χ2n) is 2.36. The average Bonchev–Trinajstić information content (AvgIpc) is 2.16. The zero-order valence-corrected chi connectivity index (χ0v) is 8.08. The largest absolute Gasteiger partial charge is 0.482 e. The van der Waals surface area contributed by atoms with Crippen molar-refractivity contribution in [3.8, 4) is 5.75 Å². The second-order valence-corrected chi connectivity index (χ2v) is 2.88. The van der Waals surface area contributed by atoms with Gasteiger partial charge in [0.05, 0.1) is 7.11 Å². The van der Waals surface area contributed by atoms with E-state index in [2.05, 4.69) is 17.4 Å². The Labute approximate surface area is 82.1 Å². The van der Waals surface area contributed by atoms with Crippen molar-refractivity contribution in [1.29, 1.82) is 0 Å². The van der Waals surface area contributed by atoms with E-state index in [0.29, 0.717) is 5.75 Å². The lowest BCUT2D eigenvalue weighted by molar-refractivity contribution is -0.142. The molecular weight excluding hydrogens is 188 g/mol. The maximum atomic E-state index is 10.7. The van der Waals surface area contributed by atoms with Gasteiger partial charge < -0.3 is 9.47 Å². The Morgan fingerprint density at radius 1 is 1.38 bits per heavy atom. The van der Waals surface area contributed by atoms with Crippen molar-refractivity contribution in [1.82, 2.24) is 0 Å². The monoisotopic (exact) mass is 198 g/mol. The van der Waals surface area contributed by atoms with Crippen LogP contribution in [0.4, 0.5) is 0 Å². The molecule has 1 aromatic carbocycles. The normalized spacial score (nSPS) is 9.38. The number of thiol groups is 1. The average molecular weight is 198 g/mol. The Kier molecular flexibility index (Phi) is 3.64. The van der Waals surface area contributed by atoms with E-state index in [-0.39, 0.29) is 6.61 Å². The maximum absolute atomic E-state index is 10.7. The van der Waals surface area contributed by atoms with Crippen LogP contribution in [0.15, 0.2) is 29.2 Å². The van der Waals surface area contributed by atoms with Crippen LogP contribution in [0.1, 0.15) is 0 Å². The van der Waals surface area contributed by atoms with Gasteiger partial charge in [-0.3, -0.25) is 0 Å². The molecule has 1 aromatic rings. The lowest BCUT2D eigenvalue weighted by atomic mass is 10.3. The zero-order valence-electron chi connectivity index (χ0n) is 7.19. The first-order valence-corrected chi connectivity index (χ1v) is 4.16. The van der Waals surface area contributed by atoms with Gasteiger partial charge in [0.15, 0.2) is 6.61 Å². The molecule has 0 spiro atoms. The summed E-state index contributed by atoms with van der Waals surface area (Å²) in [6.07, 6.45) is 0. The van der Waals surface area contributed by atoms with Crippen LogP contribution in [0.5, 0.6) is 5.75 Å². The fourth-order valence-electron chi connectivity index (χ4n) is 0.744. The lowest BCUT2D eigenvalue weighted by Gasteiger charge is -2.03. The van der Waals surface area contributed by atoms with Gasteiger partial charge in [-0.15, -0.1) is 12.6 Å². The Morgan fingerprint density at radius 2 is 2.00 bits per heavy atom. The molecule has 0 aliphatic rings. The van der Waals surface area contributed by atoms with Gasteiger partial charge >= 0.3 is 5.97 Å². The number of ether oxygens (including phenoxy) is 2. The van der Waals surface area contributed by atoms with E-state index in [9.17, 15) is 4.79 Å². The summed E-state index contributed by atoms with van der Waals surface area (Å²) in [5.41, 5.74) is 0. The van der Waals surface area contributed by atoms with Gasteiger partial charge in [0.1, 0.15) is 5.75 Å². The van der Waals surface area contributed by atoms with E-state index in [0.717, 1.165) is 4.90 Å². The summed E-state index contributed by atoms with van der Waals surface area (Å²) >= 11 is 4.11. The summed E-state index contributed by atoms with van der Waals surface area (Å²) in [6, 6.07) is 7.06. The predicted molar refractivity (Wildman–Crippen MR) is 51.2 cm³/mol. The van der Waals surface area contributed by atoms with E-state index in [1.807, 2.05) is 0 Å². The second kappa shape index (κ2) is 4.77. The number of carbonyl (C=O) groups is 1. The standard InChI is InChI=1S/C9H10O3S/c1-11-9(10)6-12-7-2-4-8(13)5-3-7/h2-5,13H,6H2,1H3. The Bertz CT molecular complexity index is 281. The lowest BCUT2D eigenvalue weighted by Crippen LogP contribution is -2.12. The molecule has 0 amide bonds. The molecule has 0 atom stereocenters. The van der Waals surface area contributed by atoms with Crippen molar-refractivity contribution in [2.24, 2.45) is 0 Å². The van der Waals surface area contributed by atoms with Crippen molar-refractivity contribution in [2.75, 3.05) is 13.7 Å². The molecule has 4 heteroatoms. The summed E-state index contributed by atoms with van der Waals surface area (Å²) in [6.45, 7) is -0.0670. The van der Waals surface area contributed by atoms with Crippen LogP contribution < -0.4 is 4.74 Å². The molecule has 0 aliphatic heterocycles. The predicted octanol–water partition coefficient (Wildman–Crippen LogP) is 1.53. The summed E-state index contributed by atoms with van der Waals surface area (Å²) in [4.78, 5) is 11.5. The third-order valence-corrected chi connectivity index (χ3v) is 1.72. The molecule has 0 saturated heterocycles. The van der Waals surface area contributed by atoms with Gasteiger partial charge in [0.25, 0.3) is 0 Å². The highest BCUT2D eigenvalue weighted by Crippen LogP contribution is 2.13. The SMILES string of the molecule is COC(=O)COc1ccc(S)cc1. The van der Waals surface area contributed by atoms with Crippen molar-refractivity contribution in [2.45, 2.75) is 4.90 Å². The molecular formula is C9H10O3S. The Balaban J connectivity index is 2.46. The van der Waals surface area contributed by atoms with Gasteiger partial charge in [-0.25, -0.2) is 4.79 Å². The van der Waals surface area contributed by atoms with Gasteiger partial charge in [0.2, 0.25) is 0 Å². The molecule has 0 aliphatic carbocycles. The number of benzene rings is 1. The van der Waals surface area contributed by atoms with Crippen LogP contribution in [0.25, 0.3) is 0 Å². The molecule has 0 heterocycles. The number of rotatable bonds is 3. The Morgan fingerprint density at radius 3 is 2.54 bits per heavy atom. The van der Waals surface area contributed by atoms with E-state index < -0.39 is 5.97 Å². The topological polar surface area (TPSA) is 35.5 Å². The summed E-state index contributed by atoms with van der Waals surface area (Å²) in [5.74, 6) is 0.234. The number of hydrogen-bond acceptors (Lipinski definition) is 4. The first-order valence-electron chi connectivity index (χ1n) is 3.71. The molecule has 1 rings (SSSR count). The molecule has 0 radical (unpaired) electrons. The molecule has 0 N–H and O–H groups in total. The van der Waals surface area contributed by atoms with E-state index in [1.165, 1.54) is 7.11 Å². The van der Waals surface area contributed by atoms with Crippen molar-refractivity contribution in [3.63, 3.8) is 0 Å². The van der Waals surface area contributed by atoms with E-state index in [1.54, 1.807) is 24.3 Å². The number of hydrogen-bond donors (Lipinski definition) is 1. The van der Waals surface area contributed by atoms with E-state index in [4.69, 9.17) is 4.74 Å². The van der Waals surface area contributed by atoms with Crippen LogP contribution in [0, 0.1) is 0 Å². The molecule has 0 aromatic heterocycles. The molecule has 13 heavy (non-hydrogen) atoms. The smallest absolute Gasteiger partial charge is 0.343 e. The van der Waals surface area contributed by atoms with Crippen molar-refractivity contribution < 1.29 is 14.3 Å². The zero-order chi connectivity index (χ0) is 9.68. The quantitative estimate of drug-likeness (QED) is 0.591. The maximum Gasteiger partial charge on any atom is 0.343 e. The summed E-state index contributed by atoms with van der Waals surface area (Å²) < 4.78 is 9.52. The highest BCUT2D eigenvalue weighted by atomic mass is 32.1. The van der Waals surface area contributed by atoms with Gasteiger partial charge in [-0.05, 0) is 24.3 Å². The molecule has 0 fully saturated rings. The number of methoxy groups -OCH3 is 1. The highest BCUT2D eigenvalue weighted by Gasteiger charge is 2.00. The minimum absolute atomic E-state index is 0.0670. The minimum Gasteiger partial charge on any atom is -0.482 e. The van der Waals surface area contributed by atoms with E-state index >= 15 is 0 Å². The summed E-state index contributed by atoms with van der Waals surface area (Å²) in [7, 11) is 1.32. The van der Waals surface area contributed by atoms with Crippen LogP contribution in [0.3, 0.4) is 0 Å². The molecule has 70 valence electrons. The van der Waals surface area contributed by atoms with Crippen LogP contribution in [0.2, 0.25) is 0 Å². The van der Waals surface area contributed by atoms with Gasteiger partial charge in [-0.2, -0.15) is 0 Å². The summed E-state index contributed by atoms with van der Waals surface area (Å²) in [5, 5.41) is 0. The molecule has 3 nitrogen and oxygen atoms in total. The van der Waals surface area contributed by atoms with Crippen LogP contribution >= 0.6 is 12.6 Å². The minimum atomic E-state index is -0.394. The molecule has 0 unspecified atom stereocenters. The highest BCUT2D eigenvalue weighted by molar-refractivity contribution is 7.80. The first kappa shape index (κ1) is 9.92. The third-order valence-electron chi connectivity index (χ3n) is 1.42. The van der Waals surface area contributed by atoms with Gasteiger partial charge in [0, 0.05) is 4.90 Å². The fourth-order valence-corrected chi connectivity index (χ4v) is 0.893. The first-order chi connectivity index (χ1) is 6.22. The van der Waals surface area contributed by atoms with Crippen molar-refractivity contribution >= 4 is 18.6 Å². The Hall–Kier alpha value is -1.16. The van der Waals surface area contributed by atoms with Crippen LogP contribution in [-0.4, -0.2) is 19.7 Å². The third kappa shape index (κ3) is 3.38. The fraction of sp³-hybridized carbons (Fsp3) is 0.222. The van der Waals surface area contributed by atoms with Crippen LogP contribution in [-0.2, 0) is 9.53 Å².